The lowest BCUT2D eigenvalue weighted by molar-refractivity contribution is -0.139. The van der Waals surface area contributed by atoms with E-state index in [9.17, 15) is 14.4 Å². The molecule has 4 heterocycles. The number of hydrogen-bond acceptors (Lipinski definition) is 7. The first-order valence-corrected chi connectivity index (χ1v) is 14.2. The van der Waals surface area contributed by atoms with E-state index in [0.29, 0.717) is 33.6 Å². The fourth-order valence-electron chi connectivity index (χ4n) is 5.34. The number of aryl methyl sites for hydroxylation is 2. The standard InChI is InChI=1S/C30H32BrN7O3/c1-16-7-10-25(31)34-28(16)35-29(41)24-12-30(5,6)18(3)38(24)26(40)15-37-23-9-8-20(21-13-32-19(4)33-14-21)11-22(23)27(36-37)17(2)39/h7-11,13-14,18,24H,12,15H2,1-6H3,(H,34,35,41)/t18-,24?/m1/s1. The Morgan fingerprint density at radius 2 is 1.78 bits per heavy atom. The molecule has 10 nitrogen and oxygen atoms in total. The maximum atomic E-state index is 13.9. The molecule has 1 unspecified atom stereocenters. The Hall–Kier alpha value is -3.99. The molecule has 1 aliphatic rings. The zero-order valence-electron chi connectivity index (χ0n) is 23.9. The van der Waals surface area contributed by atoms with Gasteiger partial charge in [-0.1, -0.05) is 26.0 Å². The van der Waals surface area contributed by atoms with Crippen molar-refractivity contribution in [2.45, 2.75) is 66.6 Å². The summed E-state index contributed by atoms with van der Waals surface area (Å²) in [5.41, 5.74) is 3.12. The topological polar surface area (TPSA) is 123 Å². The summed E-state index contributed by atoms with van der Waals surface area (Å²) in [7, 11) is 0. The highest BCUT2D eigenvalue weighted by atomic mass is 79.9. The van der Waals surface area contributed by atoms with Gasteiger partial charge in [0.15, 0.2) is 5.78 Å². The summed E-state index contributed by atoms with van der Waals surface area (Å²) in [5.74, 6) is 0.373. The molecule has 0 spiro atoms. The number of fused-ring (bicyclic) bond motifs is 1. The van der Waals surface area contributed by atoms with Gasteiger partial charge in [-0.05, 0) is 77.9 Å². The van der Waals surface area contributed by atoms with Crippen molar-refractivity contribution < 1.29 is 14.4 Å². The Morgan fingerprint density at radius 3 is 2.46 bits per heavy atom. The number of carbonyl (C=O) groups excluding carboxylic acids is 3. The van der Waals surface area contributed by atoms with E-state index in [1.165, 1.54) is 6.92 Å². The summed E-state index contributed by atoms with van der Waals surface area (Å²) < 4.78 is 2.16. The smallest absolute Gasteiger partial charge is 0.248 e. The van der Waals surface area contributed by atoms with E-state index in [4.69, 9.17) is 0 Å². The quantitative estimate of drug-likeness (QED) is 0.235. The van der Waals surface area contributed by atoms with E-state index in [-0.39, 0.29) is 41.3 Å². The summed E-state index contributed by atoms with van der Waals surface area (Å²) >= 11 is 3.35. The first-order valence-electron chi connectivity index (χ1n) is 13.4. The normalized spacial score (nSPS) is 18.1. The second kappa shape index (κ2) is 10.8. The SMILES string of the molecule is CC(=O)c1nn(CC(=O)N2C(C(=O)Nc3nc(Br)ccc3C)CC(C)(C)[C@H]2C)c2ccc(-c3cnc(C)nc3)cc12. The molecule has 1 aliphatic heterocycles. The first kappa shape index (κ1) is 28.5. The second-order valence-corrected chi connectivity index (χ2v) is 12.1. The minimum absolute atomic E-state index is 0.116. The molecular weight excluding hydrogens is 586 g/mol. The molecule has 0 saturated carbocycles. The Kier molecular flexibility index (Phi) is 7.50. The average molecular weight is 619 g/mol. The monoisotopic (exact) mass is 617 g/mol. The molecule has 11 heteroatoms. The fourth-order valence-corrected chi connectivity index (χ4v) is 5.65. The van der Waals surface area contributed by atoms with Crippen LogP contribution in [0.4, 0.5) is 5.82 Å². The third-order valence-electron chi connectivity index (χ3n) is 7.98. The maximum absolute atomic E-state index is 13.9. The highest BCUT2D eigenvalue weighted by Crippen LogP contribution is 2.41. The van der Waals surface area contributed by atoms with Gasteiger partial charge in [0.1, 0.15) is 34.5 Å². The van der Waals surface area contributed by atoms with Crippen molar-refractivity contribution in [3.8, 4) is 11.1 Å². The number of pyridine rings is 1. The summed E-state index contributed by atoms with van der Waals surface area (Å²) in [6.45, 7) is 11.1. The minimum atomic E-state index is -0.685. The number of amides is 2. The van der Waals surface area contributed by atoms with Gasteiger partial charge in [0.25, 0.3) is 0 Å². The number of benzene rings is 1. The van der Waals surface area contributed by atoms with E-state index in [0.717, 1.165) is 16.7 Å². The number of aromatic nitrogens is 5. The lowest BCUT2D eigenvalue weighted by Crippen LogP contribution is -2.48. The van der Waals surface area contributed by atoms with Crippen LogP contribution >= 0.6 is 15.9 Å². The van der Waals surface area contributed by atoms with Crippen molar-refractivity contribution in [3.63, 3.8) is 0 Å². The van der Waals surface area contributed by atoms with Crippen molar-refractivity contribution in [2.24, 2.45) is 5.41 Å². The number of carbonyl (C=O) groups is 3. The van der Waals surface area contributed by atoms with Crippen LogP contribution < -0.4 is 5.32 Å². The molecule has 1 fully saturated rings. The molecule has 0 aliphatic carbocycles. The summed E-state index contributed by atoms with van der Waals surface area (Å²) in [4.78, 5) is 54.6. The molecule has 1 saturated heterocycles. The Bertz CT molecular complexity index is 1680. The zero-order valence-corrected chi connectivity index (χ0v) is 25.5. The molecule has 2 atom stereocenters. The van der Waals surface area contributed by atoms with E-state index in [1.807, 2.05) is 51.1 Å². The van der Waals surface area contributed by atoms with Gasteiger partial charge in [-0.2, -0.15) is 5.10 Å². The third-order valence-corrected chi connectivity index (χ3v) is 8.42. The molecule has 0 bridgehead atoms. The fraction of sp³-hybridized carbons (Fsp3) is 0.367. The number of anilines is 1. The van der Waals surface area contributed by atoms with Gasteiger partial charge in [0, 0.05) is 36.3 Å². The van der Waals surface area contributed by atoms with E-state index >= 15 is 0 Å². The Labute approximate surface area is 246 Å². The van der Waals surface area contributed by atoms with E-state index in [1.54, 1.807) is 22.0 Å². The number of likely N-dealkylation sites (tertiary alicyclic amines) is 1. The molecular formula is C30H32BrN7O3. The number of ketones is 1. The molecule has 4 aromatic rings. The largest absolute Gasteiger partial charge is 0.326 e. The number of hydrogen-bond donors (Lipinski definition) is 1. The highest BCUT2D eigenvalue weighted by molar-refractivity contribution is 9.10. The lowest BCUT2D eigenvalue weighted by Gasteiger charge is -2.31. The van der Waals surface area contributed by atoms with Crippen molar-refractivity contribution in [1.29, 1.82) is 0 Å². The van der Waals surface area contributed by atoms with Gasteiger partial charge in [-0.3, -0.25) is 19.1 Å². The van der Waals surface area contributed by atoms with Gasteiger partial charge >= 0.3 is 0 Å². The van der Waals surface area contributed by atoms with Crippen LogP contribution in [0.25, 0.3) is 22.0 Å². The van der Waals surface area contributed by atoms with Gasteiger partial charge in [0.05, 0.1) is 5.52 Å². The number of halogens is 1. The van der Waals surface area contributed by atoms with Crippen LogP contribution in [0, 0.1) is 19.3 Å². The highest BCUT2D eigenvalue weighted by Gasteiger charge is 2.49. The van der Waals surface area contributed by atoms with Gasteiger partial charge < -0.3 is 10.2 Å². The second-order valence-electron chi connectivity index (χ2n) is 11.3. The zero-order chi connectivity index (χ0) is 29.6. The van der Waals surface area contributed by atoms with Crippen LogP contribution in [0.1, 0.15) is 56.0 Å². The Balaban J connectivity index is 1.46. The predicted molar refractivity (Wildman–Crippen MR) is 159 cm³/mol. The van der Waals surface area contributed by atoms with Gasteiger partial charge in [-0.25, -0.2) is 15.0 Å². The number of rotatable bonds is 6. The molecule has 1 aromatic carbocycles. The molecule has 0 radical (unpaired) electrons. The van der Waals surface area contributed by atoms with Crippen LogP contribution in [0.15, 0.2) is 47.3 Å². The van der Waals surface area contributed by atoms with Crippen LogP contribution in [0.5, 0.6) is 0 Å². The van der Waals surface area contributed by atoms with Gasteiger partial charge in [0.2, 0.25) is 11.8 Å². The number of nitrogens with zero attached hydrogens (tertiary/aromatic N) is 6. The van der Waals surface area contributed by atoms with Crippen LogP contribution in [-0.4, -0.2) is 59.3 Å². The molecule has 2 amide bonds. The summed E-state index contributed by atoms with van der Waals surface area (Å²) in [6, 6.07) is 8.40. The van der Waals surface area contributed by atoms with E-state index < -0.39 is 6.04 Å². The predicted octanol–water partition coefficient (Wildman–Crippen LogP) is 5.12. The summed E-state index contributed by atoms with van der Waals surface area (Å²) in [5, 5.41) is 8.11. The third kappa shape index (κ3) is 5.50. The molecule has 41 heavy (non-hydrogen) atoms. The summed E-state index contributed by atoms with van der Waals surface area (Å²) in [6.07, 6.45) is 3.97. The lowest BCUT2D eigenvalue weighted by atomic mass is 9.84. The first-order chi connectivity index (χ1) is 19.4. The van der Waals surface area contributed by atoms with Crippen molar-refractivity contribution in [3.05, 3.63) is 64.4 Å². The van der Waals surface area contributed by atoms with E-state index in [2.05, 4.69) is 55.1 Å². The Morgan fingerprint density at radius 1 is 1.07 bits per heavy atom. The molecule has 3 aromatic heterocycles. The molecule has 5 rings (SSSR count). The minimum Gasteiger partial charge on any atom is -0.326 e. The number of Topliss-reactive ketones (excluding diaryl/α,β-unsaturated/α-hetero) is 1. The van der Waals surface area contributed by atoms with Crippen molar-refractivity contribution in [1.82, 2.24) is 29.6 Å². The van der Waals surface area contributed by atoms with Crippen molar-refractivity contribution in [2.75, 3.05) is 5.32 Å². The van der Waals surface area contributed by atoms with Crippen LogP contribution in [-0.2, 0) is 16.1 Å². The average Bonchev–Trinajstić information content (AvgIpc) is 3.40. The van der Waals surface area contributed by atoms with Crippen molar-refractivity contribution >= 4 is 50.2 Å². The molecule has 212 valence electrons. The maximum Gasteiger partial charge on any atom is 0.248 e. The van der Waals surface area contributed by atoms with Crippen LogP contribution in [0.3, 0.4) is 0 Å². The van der Waals surface area contributed by atoms with Gasteiger partial charge in [-0.15, -0.1) is 0 Å². The number of nitrogens with one attached hydrogen (secondary N) is 1. The molecule has 1 N–H and O–H groups in total. The van der Waals surface area contributed by atoms with Crippen LogP contribution in [0.2, 0.25) is 0 Å².